The van der Waals surface area contributed by atoms with Gasteiger partial charge in [0.2, 0.25) is 5.54 Å². The average Bonchev–Trinajstić information content (AvgIpc) is 3.56. The number of hydrogen-bond acceptors (Lipinski definition) is 7. The summed E-state index contributed by atoms with van der Waals surface area (Å²) in [5.41, 5.74) is 3.87. The van der Waals surface area contributed by atoms with Gasteiger partial charge in [-0.2, -0.15) is 10.2 Å². The van der Waals surface area contributed by atoms with Crippen LogP contribution in [-0.4, -0.2) is 38.0 Å². The maximum atomic E-state index is 13.1. The molecule has 7 nitrogen and oxygen atoms in total. The molecular formula is C28H30N4O3. The van der Waals surface area contributed by atoms with Crippen LogP contribution in [0.15, 0.2) is 83.0 Å². The number of ketones is 1. The lowest BCUT2D eigenvalue weighted by molar-refractivity contribution is -0.148. The molecule has 0 amide bonds. The summed E-state index contributed by atoms with van der Waals surface area (Å²) in [7, 11) is 3.93. The Bertz CT molecular complexity index is 1230. The Morgan fingerprint density at radius 2 is 1.46 bits per heavy atom. The van der Waals surface area contributed by atoms with E-state index in [0.29, 0.717) is 5.69 Å². The topological polar surface area (TPSA) is 74.3 Å². The number of Topliss-reactive ketones (excluding diaryl/α,β-unsaturated/α-hetero) is 1. The molecule has 0 bridgehead atoms. The third kappa shape index (κ3) is 4.54. The van der Waals surface area contributed by atoms with Crippen molar-refractivity contribution in [2.75, 3.05) is 30.5 Å². The van der Waals surface area contributed by atoms with Gasteiger partial charge in [-0.15, -0.1) is 0 Å². The van der Waals surface area contributed by atoms with Gasteiger partial charge in [-0.3, -0.25) is 4.79 Å². The zero-order valence-electron chi connectivity index (χ0n) is 20.7. The van der Waals surface area contributed by atoms with Gasteiger partial charge in [0.1, 0.15) is 0 Å². The predicted molar refractivity (Wildman–Crippen MR) is 138 cm³/mol. The van der Waals surface area contributed by atoms with Crippen molar-refractivity contribution in [1.29, 1.82) is 0 Å². The molecular weight excluding hydrogens is 440 g/mol. The highest BCUT2D eigenvalue weighted by atomic mass is 16.5. The van der Waals surface area contributed by atoms with Crippen molar-refractivity contribution in [3.8, 4) is 0 Å². The van der Waals surface area contributed by atoms with Gasteiger partial charge in [-0.05, 0) is 74.9 Å². The van der Waals surface area contributed by atoms with Gasteiger partial charge in [0, 0.05) is 25.5 Å². The van der Waals surface area contributed by atoms with E-state index in [-0.39, 0.29) is 12.4 Å². The molecule has 2 atom stereocenters. The number of benzene rings is 3. The number of nitrogens with zero attached hydrogens (tertiary/aromatic N) is 4. The summed E-state index contributed by atoms with van der Waals surface area (Å²) in [6, 6.07) is 22.6. The van der Waals surface area contributed by atoms with E-state index in [1.54, 1.807) is 6.92 Å². The summed E-state index contributed by atoms with van der Waals surface area (Å²) < 4.78 is 5.37. The molecule has 0 spiro atoms. The zero-order chi connectivity index (χ0) is 25.2. The number of anilines is 2. The Hall–Kier alpha value is -4.00. The first kappa shape index (κ1) is 24.1. The minimum Gasteiger partial charge on any atom is -0.464 e. The lowest BCUT2D eigenvalue weighted by Crippen LogP contribution is -2.39. The average molecular weight is 471 g/mol. The minimum atomic E-state index is -1.39. The summed E-state index contributed by atoms with van der Waals surface area (Å²) in [5.74, 6) is -0.780. The van der Waals surface area contributed by atoms with E-state index in [0.717, 1.165) is 28.2 Å². The van der Waals surface area contributed by atoms with Gasteiger partial charge < -0.3 is 14.5 Å². The molecule has 0 saturated carbocycles. The Balaban J connectivity index is 1.66. The van der Waals surface area contributed by atoms with Crippen molar-refractivity contribution >= 4 is 34.5 Å². The van der Waals surface area contributed by atoms with Gasteiger partial charge in [0.05, 0.1) is 24.0 Å². The molecule has 1 saturated heterocycles. The Morgan fingerprint density at radius 3 is 1.94 bits per heavy atom. The molecule has 180 valence electrons. The largest absolute Gasteiger partial charge is 0.464 e. The third-order valence-corrected chi connectivity index (χ3v) is 6.26. The highest BCUT2D eigenvalue weighted by molar-refractivity contribution is 6.17. The number of rotatable bonds is 8. The van der Waals surface area contributed by atoms with Crippen LogP contribution in [0.3, 0.4) is 0 Å². The lowest BCUT2D eigenvalue weighted by atomic mass is 9.95. The molecule has 3 aromatic carbocycles. The van der Waals surface area contributed by atoms with Gasteiger partial charge >= 0.3 is 5.97 Å². The van der Waals surface area contributed by atoms with Crippen LogP contribution in [0.4, 0.5) is 22.7 Å². The van der Waals surface area contributed by atoms with E-state index in [1.807, 2.05) is 104 Å². The second kappa shape index (κ2) is 9.70. The summed E-state index contributed by atoms with van der Waals surface area (Å²) >= 11 is 0. The van der Waals surface area contributed by atoms with Crippen molar-refractivity contribution in [3.05, 3.63) is 83.9 Å². The number of azo groups is 1. The number of carbonyl (C=O) groups excluding carboxylic acids is 2. The van der Waals surface area contributed by atoms with E-state index >= 15 is 0 Å². The molecule has 1 aliphatic rings. The van der Waals surface area contributed by atoms with E-state index in [1.165, 1.54) is 6.92 Å². The molecule has 0 aromatic heterocycles. The molecule has 0 aliphatic carbocycles. The summed E-state index contributed by atoms with van der Waals surface area (Å²) in [6.45, 7) is 5.41. The van der Waals surface area contributed by atoms with Crippen molar-refractivity contribution in [3.63, 3.8) is 0 Å². The van der Waals surface area contributed by atoms with Crippen LogP contribution < -0.4 is 9.80 Å². The highest BCUT2D eigenvalue weighted by Gasteiger charge is 2.73. The molecule has 7 heteroatoms. The van der Waals surface area contributed by atoms with Crippen LogP contribution in [0, 0.1) is 6.92 Å². The number of esters is 1. The molecule has 0 radical (unpaired) electrons. The summed E-state index contributed by atoms with van der Waals surface area (Å²) in [5, 5.41) is 8.59. The number of hydrogen-bond donors (Lipinski definition) is 0. The molecule has 1 aliphatic heterocycles. The van der Waals surface area contributed by atoms with E-state index in [2.05, 4.69) is 10.2 Å². The molecule has 2 unspecified atom stereocenters. The lowest BCUT2D eigenvalue weighted by Gasteiger charge is -2.14. The van der Waals surface area contributed by atoms with Crippen molar-refractivity contribution in [2.24, 2.45) is 10.2 Å². The maximum Gasteiger partial charge on any atom is 0.342 e. The quantitative estimate of drug-likeness (QED) is 0.177. The highest BCUT2D eigenvalue weighted by Crippen LogP contribution is 2.57. The van der Waals surface area contributed by atoms with Gasteiger partial charge in [0.15, 0.2) is 5.78 Å². The third-order valence-electron chi connectivity index (χ3n) is 6.26. The Morgan fingerprint density at radius 1 is 0.914 bits per heavy atom. The predicted octanol–water partition coefficient (Wildman–Crippen LogP) is 5.93. The first-order chi connectivity index (χ1) is 16.8. The molecule has 3 aromatic rings. The molecule has 0 N–H and O–H groups in total. The van der Waals surface area contributed by atoms with Crippen molar-refractivity contribution in [2.45, 2.75) is 32.4 Å². The number of aryl methyl sites for hydroxylation is 1. The van der Waals surface area contributed by atoms with E-state index < -0.39 is 17.6 Å². The molecule has 35 heavy (non-hydrogen) atoms. The monoisotopic (exact) mass is 470 g/mol. The number of ether oxygens (including phenoxy) is 1. The number of carbonyl (C=O) groups is 2. The van der Waals surface area contributed by atoms with Gasteiger partial charge in [-0.1, -0.05) is 29.8 Å². The summed E-state index contributed by atoms with van der Waals surface area (Å²) in [4.78, 5) is 29.9. The molecule has 1 heterocycles. The second-order valence-corrected chi connectivity index (χ2v) is 8.85. The minimum absolute atomic E-state index is 0.201. The fourth-order valence-corrected chi connectivity index (χ4v) is 4.35. The normalized spacial score (nSPS) is 19.0. The second-order valence-electron chi connectivity index (χ2n) is 8.85. The van der Waals surface area contributed by atoms with Crippen LogP contribution >= 0.6 is 0 Å². The van der Waals surface area contributed by atoms with Crippen LogP contribution in [0.5, 0.6) is 0 Å². The summed E-state index contributed by atoms with van der Waals surface area (Å²) in [6.07, 6.45) is 0. The smallest absolute Gasteiger partial charge is 0.342 e. The first-order valence-electron chi connectivity index (χ1n) is 11.6. The fraction of sp³-hybridized carbons (Fsp3) is 0.286. The van der Waals surface area contributed by atoms with Gasteiger partial charge in [0.25, 0.3) is 0 Å². The fourth-order valence-electron chi connectivity index (χ4n) is 4.35. The first-order valence-corrected chi connectivity index (χ1v) is 11.6. The van der Waals surface area contributed by atoms with Crippen LogP contribution in [0.2, 0.25) is 0 Å². The SMILES string of the molecule is CCOC(=O)C1(C(C)=O)C(c2ccc(N(C)C)cc2)N1c1ccc(N=Nc2ccc(C)cc2)cc1. The van der Waals surface area contributed by atoms with E-state index in [9.17, 15) is 9.59 Å². The molecule has 1 fully saturated rings. The van der Waals surface area contributed by atoms with Gasteiger partial charge in [-0.25, -0.2) is 4.79 Å². The maximum absolute atomic E-state index is 13.1. The Labute approximate surface area is 206 Å². The van der Waals surface area contributed by atoms with Crippen LogP contribution in [0.1, 0.15) is 31.0 Å². The van der Waals surface area contributed by atoms with Crippen molar-refractivity contribution < 1.29 is 14.3 Å². The Kier molecular flexibility index (Phi) is 6.69. The van der Waals surface area contributed by atoms with Crippen LogP contribution in [0.25, 0.3) is 0 Å². The van der Waals surface area contributed by atoms with E-state index in [4.69, 9.17) is 4.74 Å². The zero-order valence-corrected chi connectivity index (χ0v) is 20.7. The van der Waals surface area contributed by atoms with Crippen molar-refractivity contribution in [1.82, 2.24) is 0 Å². The van der Waals surface area contributed by atoms with Crippen LogP contribution in [-0.2, 0) is 14.3 Å². The standard InChI is InChI=1S/C28H30N4O3/c1-6-35-27(34)28(20(3)33)26(21-9-15-24(16-10-21)31(4)5)32(28)25-17-13-23(14-18-25)30-29-22-11-7-19(2)8-12-22/h7-18,26H,6H2,1-5H3. The molecule has 4 rings (SSSR count).